The van der Waals surface area contributed by atoms with Crippen LogP contribution in [0.5, 0.6) is 0 Å². The summed E-state index contributed by atoms with van der Waals surface area (Å²) in [5.41, 5.74) is 2.69. The molecule has 5 rings (SSSR count). The third-order valence-corrected chi connectivity index (χ3v) is 5.88. The highest BCUT2D eigenvalue weighted by atomic mass is 16.2. The number of hydrogen-bond donors (Lipinski definition) is 1. The zero-order valence-electron chi connectivity index (χ0n) is 14.0. The average molecular weight is 324 g/mol. The largest absolute Gasteiger partial charge is 0.331 e. The van der Waals surface area contributed by atoms with Gasteiger partial charge in [0.05, 0.1) is 17.6 Å². The van der Waals surface area contributed by atoms with Gasteiger partial charge < -0.3 is 14.8 Å². The molecule has 1 spiro atoms. The molecule has 2 aromatic rings. The summed E-state index contributed by atoms with van der Waals surface area (Å²) in [5, 5.41) is 3.12. The molecule has 1 aromatic carbocycles. The molecule has 1 saturated heterocycles. The van der Waals surface area contributed by atoms with Crippen molar-refractivity contribution in [2.75, 3.05) is 13.1 Å². The molecule has 5 nitrogen and oxygen atoms in total. The Morgan fingerprint density at radius 3 is 2.88 bits per heavy atom. The van der Waals surface area contributed by atoms with Gasteiger partial charge in [0.25, 0.3) is 0 Å². The fourth-order valence-corrected chi connectivity index (χ4v) is 4.19. The lowest BCUT2D eigenvalue weighted by Crippen LogP contribution is -2.46. The second kappa shape index (κ2) is 5.23. The molecule has 1 aliphatic heterocycles. The number of benzene rings is 1. The Hall–Kier alpha value is -2.04. The zero-order chi connectivity index (χ0) is 16.1. The lowest BCUT2D eigenvalue weighted by molar-refractivity contribution is 0.157. The summed E-state index contributed by atoms with van der Waals surface area (Å²) in [5.74, 6) is 0.991. The summed E-state index contributed by atoms with van der Waals surface area (Å²) in [6, 6.07) is 8.92. The van der Waals surface area contributed by atoms with E-state index >= 15 is 0 Å². The first-order valence-electron chi connectivity index (χ1n) is 9.23. The first-order valence-corrected chi connectivity index (χ1v) is 9.23. The van der Waals surface area contributed by atoms with Gasteiger partial charge in [-0.15, -0.1) is 0 Å². The molecule has 0 unspecified atom stereocenters. The Kier molecular flexibility index (Phi) is 3.12. The summed E-state index contributed by atoms with van der Waals surface area (Å²) in [6.45, 7) is 2.36. The van der Waals surface area contributed by atoms with Crippen LogP contribution in [0.25, 0.3) is 11.0 Å². The van der Waals surface area contributed by atoms with E-state index in [4.69, 9.17) is 4.98 Å². The Morgan fingerprint density at radius 2 is 2.08 bits per heavy atom. The van der Waals surface area contributed by atoms with E-state index in [1.54, 1.807) is 0 Å². The molecule has 1 N–H and O–H groups in total. The molecule has 24 heavy (non-hydrogen) atoms. The SMILES string of the molecule is O=C(NCc1nc2ccccc2n1C1CC1)N1CCCC2(CC2)C1. The van der Waals surface area contributed by atoms with Crippen molar-refractivity contribution in [2.45, 2.75) is 51.1 Å². The normalized spacial score (nSPS) is 22.1. The van der Waals surface area contributed by atoms with E-state index in [9.17, 15) is 4.79 Å². The molecular weight excluding hydrogens is 300 g/mol. The van der Waals surface area contributed by atoms with Crippen LogP contribution in [0, 0.1) is 5.41 Å². The maximum Gasteiger partial charge on any atom is 0.317 e. The van der Waals surface area contributed by atoms with E-state index in [1.165, 1.54) is 37.6 Å². The number of piperidine rings is 1. The van der Waals surface area contributed by atoms with Crippen LogP contribution < -0.4 is 5.32 Å². The smallest absolute Gasteiger partial charge is 0.317 e. The second-order valence-electron chi connectivity index (χ2n) is 7.80. The van der Waals surface area contributed by atoms with Crippen LogP contribution in [0.4, 0.5) is 4.79 Å². The van der Waals surface area contributed by atoms with Crippen molar-refractivity contribution in [1.29, 1.82) is 0 Å². The number of hydrogen-bond acceptors (Lipinski definition) is 2. The Balaban J connectivity index is 1.32. The lowest BCUT2D eigenvalue weighted by atomic mass is 9.95. The fourth-order valence-electron chi connectivity index (χ4n) is 4.19. The van der Waals surface area contributed by atoms with Crippen LogP contribution in [0.15, 0.2) is 24.3 Å². The van der Waals surface area contributed by atoms with Gasteiger partial charge in [-0.3, -0.25) is 0 Å². The number of nitrogens with zero attached hydrogens (tertiary/aromatic N) is 3. The molecule has 5 heteroatoms. The number of urea groups is 1. The standard InChI is InChI=1S/C19H24N4O/c24-18(22-11-3-8-19(13-22)9-10-19)20-12-17-21-15-4-1-2-5-16(15)23(17)14-6-7-14/h1-2,4-5,14H,3,6-13H2,(H,20,24). The van der Waals surface area contributed by atoms with Gasteiger partial charge in [-0.05, 0) is 56.1 Å². The minimum atomic E-state index is 0.0791. The number of carbonyl (C=O) groups excluding carboxylic acids is 1. The van der Waals surface area contributed by atoms with Crippen LogP contribution in [0.1, 0.15) is 50.4 Å². The predicted octanol–water partition coefficient (Wildman–Crippen LogP) is 3.46. The highest BCUT2D eigenvalue weighted by Crippen LogP contribution is 2.52. The number of para-hydroxylation sites is 2. The van der Waals surface area contributed by atoms with E-state index in [0.29, 0.717) is 18.0 Å². The highest BCUT2D eigenvalue weighted by molar-refractivity contribution is 5.77. The van der Waals surface area contributed by atoms with Crippen molar-refractivity contribution in [3.63, 3.8) is 0 Å². The van der Waals surface area contributed by atoms with Crippen LogP contribution in [-0.4, -0.2) is 33.6 Å². The summed E-state index contributed by atoms with van der Waals surface area (Å²) in [6.07, 6.45) is 7.48. The number of fused-ring (bicyclic) bond motifs is 1. The fraction of sp³-hybridized carbons (Fsp3) is 0.579. The molecule has 1 aromatic heterocycles. The first-order chi connectivity index (χ1) is 11.7. The molecule has 0 bridgehead atoms. The van der Waals surface area contributed by atoms with Gasteiger partial charge in [0.2, 0.25) is 0 Å². The Labute approximate surface area is 142 Å². The number of carbonyl (C=O) groups is 1. The zero-order valence-corrected chi connectivity index (χ0v) is 14.0. The van der Waals surface area contributed by atoms with Crippen molar-refractivity contribution in [3.05, 3.63) is 30.1 Å². The minimum Gasteiger partial charge on any atom is -0.331 e. The van der Waals surface area contributed by atoms with E-state index in [0.717, 1.165) is 30.9 Å². The van der Waals surface area contributed by atoms with Gasteiger partial charge in [0.15, 0.2) is 0 Å². The molecule has 126 valence electrons. The number of aromatic nitrogens is 2. The third kappa shape index (κ3) is 2.46. The van der Waals surface area contributed by atoms with Crippen LogP contribution in [-0.2, 0) is 6.54 Å². The van der Waals surface area contributed by atoms with E-state index in [-0.39, 0.29) is 6.03 Å². The maximum atomic E-state index is 12.6. The van der Waals surface area contributed by atoms with Crippen molar-refractivity contribution in [3.8, 4) is 0 Å². The minimum absolute atomic E-state index is 0.0791. The highest BCUT2D eigenvalue weighted by Gasteiger charge is 2.46. The number of nitrogens with one attached hydrogen (secondary N) is 1. The summed E-state index contributed by atoms with van der Waals surface area (Å²) >= 11 is 0. The van der Waals surface area contributed by atoms with E-state index < -0.39 is 0 Å². The molecule has 2 heterocycles. The Morgan fingerprint density at radius 1 is 1.25 bits per heavy atom. The van der Waals surface area contributed by atoms with Gasteiger partial charge >= 0.3 is 6.03 Å². The molecule has 0 radical (unpaired) electrons. The number of likely N-dealkylation sites (tertiary alicyclic amines) is 1. The van der Waals surface area contributed by atoms with Crippen molar-refractivity contribution in [1.82, 2.24) is 19.8 Å². The number of rotatable bonds is 3. The lowest BCUT2D eigenvalue weighted by Gasteiger charge is -2.32. The second-order valence-corrected chi connectivity index (χ2v) is 7.80. The molecule has 2 amide bonds. The van der Waals surface area contributed by atoms with Gasteiger partial charge in [0.1, 0.15) is 5.82 Å². The summed E-state index contributed by atoms with van der Waals surface area (Å²) in [7, 11) is 0. The molecule has 0 atom stereocenters. The predicted molar refractivity (Wildman–Crippen MR) is 92.7 cm³/mol. The van der Waals surface area contributed by atoms with Crippen molar-refractivity contribution >= 4 is 17.1 Å². The van der Waals surface area contributed by atoms with Gasteiger partial charge in [-0.2, -0.15) is 0 Å². The van der Waals surface area contributed by atoms with Crippen molar-refractivity contribution < 1.29 is 4.79 Å². The van der Waals surface area contributed by atoms with Crippen molar-refractivity contribution in [2.24, 2.45) is 5.41 Å². The first kappa shape index (κ1) is 14.3. The molecule has 2 saturated carbocycles. The summed E-state index contributed by atoms with van der Waals surface area (Å²) < 4.78 is 2.33. The average Bonchev–Trinajstić information content (AvgIpc) is 3.53. The number of amides is 2. The van der Waals surface area contributed by atoms with Gasteiger partial charge in [0, 0.05) is 19.1 Å². The van der Waals surface area contributed by atoms with Gasteiger partial charge in [-0.25, -0.2) is 9.78 Å². The van der Waals surface area contributed by atoms with E-state index in [2.05, 4.69) is 28.1 Å². The summed E-state index contributed by atoms with van der Waals surface area (Å²) in [4.78, 5) is 19.4. The quantitative estimate of drug-likeness (QED) is 0.940. The van der Waals surface area contributed by atoms with Crippen LogP contribution in [0.3, 0.4) is 0 Å². The number of imidazole rings is 1. The molecule has 3 aliphatic rings. The third-order valence-electron chi connectivity index (χ3n) is 5.88. The topological polar surface area (TPSA) is 50.2 Å². The van der Waals surface area contributed by atoms with E-state index in [1.807, 2.05) is 11.0 Å². The Bertz CT molecular complexity index is 788. The monoisotopic (exact) mass is 324 g/mol. The van der Waals surface area contributed by atoms with Crippen LogP contribution in [0.2, 0.25) is 0 Å². The van der Waals surface area contributed by atoms with Gasteiger partial charge in [-0.1, -0.05) is 12.1 Å². The maximum absolute atomic E-state index is 12.6. The van der Waals surface area contributed by atoms with Crippen LogP contribution >= 0.6 is 0 Å². The molecular formula is C19H24N4O. The molecule has 3 fully saturated rings. The molecule has 2 aliphatic carbocycles.